The second-order valence-corrected chi connectivity index (χ2v) is 8.41. The number of anilines is 2. The van der Waals surface area contributed by atoms with E-state index in [9.17, 15) is 0 Å². The molecular formula is C26H38N2O5. The van der Waals surface area contributed by atoms with Crippen LogP contribution in [0.1, 0.15) is 11.1 Å². The first kappa shape index (κ1) is 25.5. The normalized spacial score (nSPS) is 17.1. The maximum atomic E-state index is 5.99. The van der Waals surface area contributed by atoms with Crippen molar-refractivity contribution >= 4 is 11.4 Å². The van der Waals surface area contributed by atoms with Gasteiger partial charge in [-0.3, -0.25) is 0 Å². The molecule has 0 saturated heterocycles. The third-order valence-electron chi connectivity index (χ3n) is 5.50. The Morgan fingerprint density at radius 1 is 0.485 bits per heavy atom. The standard InChI is InChI=1S/C26H38N2O5/c1-27(2)23-5-7-25-21(17-23)19-32-15-13-30-11-9-29-10-12-31-14-16-33-20-22-18-24(28(3)4)6-8-26(22)25/h5-8,17-18H,9-16,19-20H2,1-4H3. The van der Waals surface area contributed by atoms with Crippen LogP contribution in [0.3, 0.4) is 0 Å². The average molecular weight is 459 g/mol. The van der Waals surface area contributed by atoms with Crippen molar-refractivity contribution < 1.29 is 23.7 Å². The molecule has 33 heavy (non-hydrogen) atoms. The Kier molecular flexibility index (Phi) is 10.4. The van der Waals surface area contributed by atoms with Crippen LogP contribution in [-0.2, 0) is 36.9 Å². The molecule has 0 unspecified atom stereocenters. The number of nitrogens with zero attached hydrogens (tertiary/aromatic N) is 2. The minimum Gasteiger partial charge on any atom is -0.378 e. The number of rotatable bonds is 2. The molecule has 3 rings (SSSR count). The highest BCUT2D eigenvalue weighted by molar-refractivity contribution is 5.75. The molecule has 0 radical (unpaired) electrons. The van der Waals surface area contributed by atoms with Crippen LogP contribution in [0.15, 0.2) is 36.4 Å². The fraction of sp³-hybridized carbons (Fsp3) is 0.538. The van der Waals surface area contributed by atoms with E-state index in [1.807, 2.05) is 0 Å². The first-order valence-electron chi connectivity index (χ1n) is 11.6. The van der Waals surface area contributed by atoms with Gasteiger partial charge in [-0.15, -0.1) is 0 Å². The van der Waals surface area contributed by atoms with E-state index in [0.717, 1.165) is 33.6 Å². The molecule has 7 heteroatoms. The lowest BCUT2D eigenvalue weighted by atomic mass is 9.94. The number of benzene rings is 2. The lowest BCUT2D eigenvalue weighted by molar-refractivity contribution is -0.0136. The Morgan fingerprint density at radius 3 is 1.15 bits per heavy atom. The molecule has 182 valence electrons. The van der Waals surface area contributed by atoms with Crippen LogP contribution in [0.25, 0.3) is 11.1 Å². The molecule has 0 saturated carbocycles. The van der Waals surface area contributed by atoms with E-state index < -0.39 is 0 Å². The molecule has 0 N–H and O–H groups in total. The molecule has 2 aromatic carbocycles. The third-order valence-corrected chi connectivity index (χ3v) is 5.50. The van der Waals surface area contributed by atoms with Crippen LogP contribution in [0.2, 0.25) is 0 Å². The van der Waals surface area contributed by atoms with E-state index in [1.165, 1.54) is 0 Å². The predicted octanol–water partition coefficient (Wildman–Crippen LogP) is 3.58. The fourth-order valence-electron chi connectivity index (χ4n) is 3.62. The van der Waals surface area contributed by atoms with Crippen molar-refractivity contribution in [3.05, 3.63) is 47.5 Å². The summed E-state index contributed by atoms with van der Waals surface area (Å²) in [5, 5.41) is 0. The summed E-state index contributed by atoms with van der Waals surface area (Å²) in [6.45, 7) is 5.38. The number of hydrogen-bond acceptors (Lipinski definition) is 7. The summed E-state index contributed by atoms with van der Waals surface area (Å²) in [5.74, 6) is 0. The molecule has 0 amide bonds. The van der Waals surface area contributed by atoms with Crippen LogP contribution in [0, 0.1) is 0 Å². The maximum absolute atomic E-state index is 5.99. The third kappa shape index (κ3) is 7.98. The molecule has 1 aliphatic rings. The molecule has 7 nitrogen and oxygen atoms in total. The molecular weight excluding hydrogens is 420 g/mol. The van der Waals surface area contributed by atoms with Gasteiger partial charge in [0, 0.05) is 39.6 Å². The van der Waals surface area contributed by atoms with Crippen LogP contribution < -0.4 is 9.80 Å². The van der Waals surface area contributed by atoms with Crippen molar-refractivity contribution in [1.29, 1.82) is 0 Å². The summed E-state index contributed by atoms with van der Waals surface area (Å²) in [7, 11) is 8.20. The summed E-state index contributed by atoms with van der Waals surface area (Å²) in [6, 6.07) is 13.1. The van der Waals surface area contributed by atoms with Gasteiger partial charge in [0.05, 0.1) is 66.1 Å². The summed E-state index contributed by atoms with van der Waals surface area (Å²) in [5.41, 5.74) is 6.89. The van der Waals surface area contributed by atoms with Gasteiger partial charge in [-0.1, -0.05) is 12.1 Å². The van der Waals surface area contributed by atoms with E-state index in [1.54, 1.807) is 0 Å². The summed E-state index contributed by atoms with van der Waals surface area (Å²) in [4.78, 5) is 4.22. The Hall–Kier alpha value is -2.16. The molecule has 0 atom stereocenters. The van der Waals surface area contributed by atoms with Gasteiger partial charge >= 0.3 is 0 Å². The topological polar surface area (TPSA) is 52.6 Å². The lowest BCUT2D eigenvalue weighted by Gasteiger charge is -2.21. The van der Waals surface area contributed by atoms with Crippen LogP contribution in [-0.4, -0.2) is 81.0 Å². The summed E-state index contributed by atoms with van der Waals surface area (Å²) in [6.07, 6.45) is 0. The Labute approximate surface area is 198 Å². The van der Waals surface area contributed by atoms with E-state index in [0.29, 0.717) is 66.1 Å². The van der Waals surface area contributed by atoms with Gasteiger partial charge in [0.1, 0.15) is 0 Å². The minimum atomic E-state index is 0.514. The highest BCUT2D eigenvalue weighted by Crippen LogP contribution is 2.33. The van der Waals surface area contributed by atoms with Crippen LogP contribution >= 0.6 is 0 Å². The Bertz CT molecular complexity index is 787. The van der Waals surface area contributed by atoms with Gasteiger partial charge in [-0.05, 0) is 46.5 Å². The summed E-state index contributed by atoms with van der Waals surface area (Å²) >= 11 is 0. The Balaban J connectivity index is 1.89. The number of fused-ring (bicyclic) bond motifs is 3. The van der Waals surface area contributed by atoms with Gasteiger partial charge in [0.25, 0.3) is 0 Å². The molecule has 0 aromatic heterocycles. The van der Waals surface area contributed by atoms with Crippen LogP contribution in [0.5, 0.6) is 0 Å². The zero-order chi connectivity index (χ0) is 23.5. The number of hydrogen-bond donors (Lipinski definition) is 0. The quantitative estimate of drug-likeness (QED) is 0.682. The summed E-state index contributed by atoms with van der Waals surface area (Å²) < 4.78 is 28.7. The zero-order valence-corrected chi connectivity index (χ0v) is 20.5. The van der Waals surface area contributed by atoms with Crippen molar-refractivity contribution in [2.75, 3.05) is 90.8 Å². The first-order chi connectivity index (χ1) is 16.1. The highest BCUT2D eigenvalue weighted by Gasteiger charge is 2.14. The van der Waals surface area contributed by atoms with Crippen molar-refractivity contribution in [2.24, 2.45) is 0 Å². The first-order valence-corrected chi connectivity index (χ1v) is 11.6. The second kappa shape index (κ2) is 13.5. The monoisotopic (exact) mass is 458 g/mol. The van der Waals surface area contributed by atoms with Crippen molar-refractivity contribution in [3.63, 3.8) is 0 Å². The molecule has 0 aliphatic carbocycles. The highest BCUT2D eigenvalue weighted by atomic mass is 16.6. The van der Waals surface area contributed by atoms with E-state index in [-0.39, 0.29) is 0 Å². The SMILES string of the molecule is CN(C)c1ccc2c(c1)COCCOCCOCCOCCOCc1cc(N(C)C)ccc1-2. The zero-order valence-electron chi connectivity index (χ0n) is 20.5. The van der Waals surface area contributed by atoms with E-state index >= 15 is 0 Å². The van der Waals surface area contributed by atoms with Gasteiger partial charge in [-0.25, -0.2) is 0 Å². The van der Waals surface area contributed by atoms with E-state index in [4.69, 9.17) is 23.7 Å². The second-order valence-electron chi connectivity index (χ2n) is 8.41. The molecule has 0 bridgehead atoms. The number of ether oxygens (including phenoxy) is 5. The van der Waals surface area contributed by atoms with E-state index in [2.05, 4.69) is 74.4 Å². The van der Waals surface area contributed by atoms with Crippen molar-refractivity contribution in [2.45, 2.75) is 13.2 Å². The molecule has 0 spiro atoms. The molecule has 2 aromatic rings. The fourth-order valence-corrected chi connectivity index (χ4v) is 3.62. The van der Waals surface area contributed by atoms with Crippen LogP contribution in [0.4, 0.5) is 11.4 Å². The largest absolute Gasteiger partial charge is 0.378 e. The molecule has 0 fully saturated rings. The van der Waals surface area contributed by atoms with Gasteiger partial charge < -0.3 is 33.5 Å². The smallest absolute Gasteiger partial charge is 0.0724 e. The maximum Gasteiger partial charge on any atom is 0.0724 e. The Morgan fingerprint density at radius 2 is 0.818 bits per heavy atom. The van der Waals surface area contributed by atoms with Gasteiger partial charge in [0.2, 0.25) is 0 Å². The minimum absolute atomic E-state index is 0.514. The predicted molar refractivity (Wildman–Crippen MR) is 132 cm³/mol. The molecule has 1 heterocycles. The van der Waals surface area contributed by atoms with Crippen molar-refractivity contribution in [1.82, 2.24) is 0 Å². The van der Waals surface area contributed by atoms with Gasteiger partial charge in [-0.2, -0.15) is 0 Å². The van der Waals surface area contributed by atoms with Crippen molar-refractivity contribution in [3.8, 4) is 11.1 Å². The lowest BCUT2D eigenvalue weighted by Crippen LogP contribution is -2.13. The van der Waals surface area contributed by atoms with Gasteiger partial charge in [0.15, 0.2) is 0 Å². The molecule has 1 aliphatic heterocycles. The average Bonchev–Trinajstić information content (AvgIpc) is 2.81.